The zero-order valence-electron chi connectivity index (χ0n) is 16.1. The number of hydrogen-bond acceptors (Lipinski definition) is 4. The molecular formula is C20H28F3N3O. The van der Waals surface area contributed by atoms with Crippen molar-refractivity contribution in [2.24, 2.45) is 10.4 Å². The normalized spacial score (nSPS) is 18.6. The Morgan fingerprint density at radius 3 is 2.33 bits per heavy atom. The van der Waals surface area contributed by atoms with E-state index >= 15 is 0 Å². The average molecular weight is 383 g/mol. The Labute approximate surface area is 159 Å². The molecule has 1 aromatic rings. The summed E-state index contributed by atoms with van der Waals surface area (Å²) in [6, 6.07) is 5.67. The fourth-order valence-electron chi connectivity index (χ4n) is 3.08. The Kier molecular flexibility index (Phi) is 7.30. The summed E-state index contributed by atoms with van der Waals surface area (Å²) >= 11 is 0. The molecule has 2 aliphatic rings. The van der Waals surface area contributed by atoms with Gasteiger partial charge in [0.1, 0.15) is 5.75 Å². The molecule has 0 bridgehead atoms. The smallest absolute Gasteiger partial charge is 0.406 e. The molecule has 0 aliphatic carbocycles. The Bertz CT molecular complexity index is 641. The van der Waals surface area contributed by atoms with E-state index in [-0.39, 0.29) is 5.75 Å². The number of allylic oxidation sites excluding steroid dienone is 2. The van der Waals surface area contributed by atoms with Crippen molar-refractivity contribution in [2.45, 2.75) is 33.1 Å². The number of alkyl halides is 3. The number of aliphatic imine (C=N–C) groups is 1. The molecule has 0 amide bonds. The van der Waals surface area contributed by atoms with Gasteiger partial charge in [0.15, 0.2) is 0 Å². The van der Waals surface area contributed by atoms with Gasteiger partial charge in [-0.3, -0.25) is 4.99 Å². The third-order valence-electron chi connectivity index (χ3n) is 4.58. The maximum absolute atomic E-state index is 11.6. The molecule has 27 heavy (non-hydrogen) atoms. The van der Waals surface area contributed by atoms with E-state index in [4.69, 9.17) is 0 Å². The van der Waals surface area contributed by atoms with Gasteiger partial charge in [0.25, 0.3) is 0 Å². The van der Waals surface area contributed by atoms with Crippen molar-refractivity contribution in [1.29, 1.82) is 0 Å². The van der Waals surface area contributed by atoms with Gasteiger partial charge in [-0.25, -0.2) is 0 Å². The number of ether oxygens (including phenoxy) is 1. The van der Waals surface area contributed by atoms with Crippen LogP contribution in [0.5, 0.6) is 5.75 Å². The standard InChI is InChI=1S/C12H21N3.C8H7F3O/c1-3-4-5-11(6-13-2)15-9-12(10-15)7-14-8-12;1-6-2-4-7(5-3-6)12-8(9,10)11/h5-6,14H,3-4,7-10H2,1-2H3;2-5H,1H3/b11-5+,13-6?;. The van der Waals surface area contributed by atoms with Crippen molar-refractivity contribution in [1.82, 2.24) is 10.2 Å². The molecular weight excluding hydrogens is 355 g/mol. The largest absolute Gasteiger partial charge is 0.573 e. The number of likely N-dealkylation sites (tertiary alicyclic amines) is 1. The van der Waals surface area contributed by atoms with Crippen LogP contribution < -0.4 is 10.1 Å². The highest BCUT2D eigenvalue weighted by Gasteiger charge is 2.47. The second kappa shape index (κ2) is 9.26. The van der Waals surface area contributed by atoms with Gasteiger partial charge in [-0.2, -0.15) is 0 Å². The summed E-state index contributed by atoms with van der Waals surface area (Å²) in [5, 5.41) is 3.36. The first-order valence-electron chi connectivity index (χ1n) is 9.17. The molecule has 2 heterocycles. The summed E-state index contributed by atoms with van der Waals surface area (Å²) in [7, 11) is 1.85. The van der Waals surface area contributed by atoms with Crippen molar-refractivity contribution in [3.63, 3.8) is 0 Å². The van der Waals surface area contributed by atoms with E-state index in [1.807, 2.05) is 13.3 Å². The molecule has 0 radical (unpaired) electrons. The molecule has 150 valence electrons. The minimum atomic E-state index is -4.60. The molecule has 2 fully saturated rings. The number of rotatable bonds is 5. The molecule has 2 aliphatic heterocycles. The zero-order chi connectivity index (χ0) is 19.9. The van der Waals surface area contributed by atoms with Crippen LogP contribution in [0.1, 0.15) is 25.3 Å². The number of hydrogen-bond donors (Lipinski definition) is 1. The molecule has 2 saturated heterocycles. The van der Waals surface area contributed by atoms with Gasteiger partial charge in [0.05, 0.1) is 5.70 Å². The van der Waals surface area contributed by atoms with Crippen molar-refractivity contribution in [3.8, 4) is 5.75 Å². The van der Waals surface area contributed by atoms with Crippen molar-refractivity contribution >= 4 is 6.21 Å². The number of unbranched alkanes of at least 4 members (excludes halogenated alkanes) is 1. The summed E-state index contributed by atoms with van der Waals surface area (Å²) < 4.78 is 38.5. The van der Waals surface area contributed by atoms with E-state index in [9.17, 15) is 13.2 Å². The first-order chi connectivity index (χ1) is 12.8. The van der Waals surface area contributed by atoms with Gasteiger partial charge in [0.2, 0.25) is 0 Å². The van der Waals surface area contributed by atoms with E-state index in [1.54, 1.807) is 19.1 Å². The first kappa shape index (κ1) is 21.3. The van der Waals surface area contributed by atoms with Gasteiger partial charge >= 0.3 is 6.36 Å². The Balaban J connectivity index is 0.000000199. The first-order valence-corrected chi connectivity index (χ1v) is 9.17. The Morgan fingerprint density at radius 2 is 1.89 bits per heavy atom. The van der Waals surface area contributed by atoms with E-state index in [0.29, 0.717) is 5.41 Å². The van der Waals surface area contributed by atoms with Gasteiger partial charge in [-0.05, 0) is 25.5 Å². The van der Waals surface area contributed by atoms with Crippen LogP contribution in [-0.4, -0.2) is 50.7 Å². The van der Waals surface area contributed by atoms with Crippen LogP contribution in [-0.2, 0) is 0 Å². The van der Waals surface area contributed by atoms with Crippen LogP contribution in [0.4, 0.5) is 13.2 Å². The number of nitrogens with zero attached hydrogens (tertiary/aromatic N) is 2. The number of aryl methyl sites for hydroxylation is 1. The summed E-state index contributed by atoms with van der Waals surface area (Å²) in [6.07, 6.45) is 2.07. The maximum atomic E-state index is 11.6. The highest BCUT2D eigenvalue weighted by molar-refractivity contribution is 5.77. The minimum absolute atomic E-state index is 0.187. The fourth-order valence-corrected chi connectivity index (χ4v) is 3.08. The predicted molar refractivity (Wildman–Crippen MR) is 102 cm³/mol. The van der Waals surface area contributed by atoms with Crippen LogP contribution in [0.2, 0.25) is 0 Å². The lowest BCUT2D eigenvalue weighted by atomic mass is 9.74. The molecule has 3 rings (SSSR count). The number of nitrogens with one attached hydrogen (secondary N) is 1. The number of benzene rings is 1. The van der Waals surface area contributed by atoms with Crippen LogP contribution >= 0.6 is 0 Å². The Hall–Kier alpha value is -2.02. The molecule has 1 N–H and O–H groups in total. The van der Waals surface area contributed by atoms with Crippen molar-refractivity contribution < 1.29 is 17.9 Å². The summed E-state index contributed by atoms with van der Waals surface area (Å²) in [5.41, 5.74) is 2.81. The highest BCUT2D eigenvalue weighted by atomic mass is 19.4. The van der Waals surface area contributed by atoms with Crippen LogP contribution in [0.25, 0.3) is 0 Å². The summed E-state index contributed by atoms with van der Waals surface area (Å²) in [4.78, 5) is 6.58. The lowest BCUT2D eigenvalue weighted by Crippen LogP contribution is -2.70. The van der Waals surface area contributed by atoms with Gasteiger partial charge in [0, 0.05) is 44.9 Å². The minimum Gasteiger partial charge on any atom is -0.406 e. The zero-order valence-corrected chi connectivity index (χ0v) is 16.1. The third-order valence-corrected chi connectivity index (χ3v) is 4.58. The highest BCUT2D eigenvalue weighted by Crippen LogP contribution is 2.36. The predicted octanol–water partition coefficient (Wildman–Crippen LogP) is 4.17. The van der Waals surface area contributed by atoms with E-state index in [2.05, 4.69) is 32.9 Å². The lowest BCUT2D eigenvalue weighted by Gasteiger charge is -2.57. The van der Waals surface area contributed by atoms with Crippen LogP contribution in [0.3, 0.4) is 0 Å². The Morgan fingerprint density at radius 1 is 1.26 bits per heavy atom. The molecule has 0 saturated carbocycles. The molecule has 4 nitrogen and oxygen atoms in total. The topological polar surface area (TPSA) is 36.9 Å². The SMILES string of the molecule is CCC/C=C(\C=NC)N1CC2(CNC2)C1.Cc1ccc(OC(F)(F)F)cc1. The molecule has 0 unspecified atom stereocenters. The molecule has 7 heteroatoms. The van der Waals surface area contributed by atoms with Gasteiger partial charge in [-0.1, -0.05) is 37.1 Å². The molecule has 0 atom stereocenters. The van der Waals surface area contributed by atoms with Gasteiger partial charge in [-0.15, -0.1) is 13.2 Å². The summed E-state index contributed by atoms with van der Waals surface area (Å²) in [6.45, 7) is 8.83. The second-order valence-corrected chi connectivity index (χ2v) is 7.13. The summed E-state index contributed by atoms with van der Waals surface area (Å²) in [5.74, 6) is -0.187. The van der Waals surface area contributed by atoms with E-state index in [1.165, 1.54) is 50.4 Å². The monoisotopic (exact) mass is 383 g/mol. The molecule has 1 spiro atoms. The fraction of sp³-hybridized carbons (Fsp3) is 0.550. The molecule has 0 aromatic heterocycles. The van der Waals surface area contributed by atoms with E-state index in [0.717, 1.165) is 12.0 Å². The van der Waals surface area contributed by atoms with Gasteiger partial charge < -0.3 is 15.0 Å². The average Bonchev–Trinajstić information content (AvgIpc) is 2.51. The van der Waals surface area contributed by atoms with Crippen molar-refractivity contribution in [3.05, 3.63) is 41.6 Å². The van der Waals surface area contributed by atoms with Crippen LogP contribution in [0.15, 0.2) is 41.0 Å². The lowest BCUT2D eigenvalue weighted by molar-refractivity contribution is -0.274. The maximum Gasteiger partial charge on any atom is 0.573 e. The molecule has 1 aromatic carbocycles. The number of halogens is 3. The van der Waals surface area contributed by atoms with Crippen molar-refractivity contribution in [2.75, 3.05) is 33.2 Å². The second-order valence-electron chi connectivity index (χ2n) is 7.13. The van der Waals surface area contributed by atoms with Crippen LogP contribution in [0, 0.1) is 12.3 Å². The third kappa shape index (κ3) is 6.57. The quantitative estimate of drug-likeness (QED) is 0.776. The van der Waals surface area contributed by atoms with E-state index < -0.39 is 6.36 Å².